The molecule has 0 bridgehead atoms. The summed E-state index contributed by atoms with van der Waals surface area (Å²) in [5.41, 5.74) is 13.3. The number of amides is 3. The molecule has 1 aromatic carbocycles. The van der Waals surface area contributed by atoms with Gasteiger partial charge in [0, 0.05) is 17.6 Å². The van der Waals surface area contributed by atoms with Gasteiger partial charge in [-0.3, -0.25) is 4.79 Å². The molecule has 0 aromatic heterocycles. The summed E-state index contributed by atoms with van der Waals surface area (Å²) >= 11 is 3.39. The fourth-order valence-corrected chi connectivity index (χ4v) is 3.06. The number of benzene rings is 1. The second-order valence-corrected chi connectivity index (χ2v) is 6.21. The highest BCUT2D eigenvalue weighted by atomic mass is 79.9. The number of anilines is 2. The van der Waals surface area contributed by atoms with Gasteiger partial charge < -0.3 is 21.7 Å². The minimum absolute atomic E-state index is 0. The maximum atomic E-state index is 12.3. The Balaban J connectivity index is 0.00000242. The largest absolute Gasteiger partial charge is 0.397 e. The topological polar surface area (TPSA) is 101 Å². The number of nitrogens with two attached hydrogens (primary N) is 2. The highest BCUT2D eigenvalue weighted by Gasteiger charge is 2.27. The van der Waals surface area contributed by atoms with Gasteiger partial charge >= 0.3 is 6.03 Å². The van der Waals surface area contributed by atoms with Crippen LogP contribution in [0.15, 0.2) is 16.6 Å². The van der Waals surface area contributed by atoms with Crippen LogP contribution in [-0.4, -0.2) is 29.9 Å². The van der Waals surface area contributed by atoms with Crippen LogP contribution in [0.4, 0.5) is 16.2 Å². The highest BCUT2D eigenvalue weighted by Crippen LogP contribution is 2.28. The lowest BCUT2D eigenvalue weighted by molar-refractivity contribution is -0.121. The highest BCUT2D eigenvalue weighted by molar-refractivity contribution is 9.10. The average molecular weight is 392 g/mol. The molecule has 1 aliphatic rings. The predicted molar refractivity (Wildman–Crippen MR) is 93.0 cm³/mol. The molecule has 122 valence electrons. The molecule has 1 aromatic rings. The quantitative estimate of drug-likeness (QED) is 0.675. The molecule has 1 saturated heterocycles. The van der Waals surface area contributed by atoms with E-state index in [2.05, 4.69) is 21.2 Å². The zero-order chi connectivity index (χ0) is 15.6. The summed E-state index contributed by atoms with van der Waals surface area (Å²) < 4.78 is 0.854. The van der Waals surface area contributed by atoms with Gasteiger partial charge in [-0.15, -0.1) is 12.4 Å². The van der Waals surface area contributed by atoms with Gasteiger partial charge in [-0.25, -0.2) is 4.79 Å². The van der Waals surface area contributed by atoms with Gasteiger partial charge in [-0.2, -0.15) is 0 Å². The molecule has 1 heterocycles. The number of hydrogen-bond donors (Lipinski definition) is 3. The van der Waals surface area contributed by atoms with Gasteiger partial charge in [0.1, 0.15) is 0 Å². The Hall–Kier alpha value is -1.47. The van der Waals surface area contributed by atoms with E-state index in [9.17, 15) is 9.59 Å². The number of hydrogen-bond acceptors (Lipinski definition) is 3. The summed E-state index contributed by atoms with van der Waals surface area (Å²) in [6.07, 6.45) is 1.51. The van der Waals surface area contributed by atoms with Gasteiger partial charge in [0.2, 0.25) is 5.91 Å². The van der Waals surface area contributed by atoms with Crippen molar-refractivity contribution in [2.24, 2.45) is 11.7 Å². The van der Waals surface area contributed by atoms with E-state index in [1.54, 1.807) is 6.07 Å². The van der Waals surface area contributed by atoms with Crippen LogP contribution in [0.3, 0.4) is 0 Å². The van der Waals surface area contributed by atoms with E-state index in [0.717, 1.165) is 22.9 Å². The van der Waals surface area contributed by atoms with Crippen LogP contribution in [0, 0.1) is 12.8 Å². The number of nitrogens with zero attached hydrogens (tertiary/aromatic N) is 1. The molecule has 6 nitrogen and oxygen atoms in total. The van der Waals surface area contributed by atoms with Crippen molar-refractivity contribution in [2.75, 3.05) is 24.1 Å². The first kappa shape index (κ1) is 18.6. The Morgan fingerprint density at radius 3 is 2.73 bits per heavy atom. The third-order valence-electron chi connectivity index (χ3n) is 3.71. The molecule has 3 amide bonds. The minimum atomic E-state index is -0.481. The van der Waals surface area contributed by atoms with E-state index < -0.39 is 6.03 Å². The van der Waals surface area contributed by atoms with Gasteiger partial charge in [0.25, 0.3) is 0 Å². The van der Waals surface area contributed by atoms with Crippen molar-refractivity contribution < 1.29 is 9.59 Å². The van der Waals surface area contributed by atoms with Crippen molar-refractivity contribution in [1.82, 2.24) is 4.90 Å². The van der Waals surface area contributed by atoms with Crippen molar-refractivity contribution in [3.8, 4) is 0 Å². The molecule has 1 unspecified atom stereocenters. The van der Waals surface area contributed by atoms with E-state index in [4.69, 9.17) is 11.5 Å². The second-order valence-electron chi connectivity index (χ2n) is 5.30. The Morgan fingerprint density at radius 2 is 2.09 bits per heavy atom. The monoisotopic (exact) mass is 390 g/mol. The van der Waals surface area contributed by atoms with Gasteiger partial charge in [0.05, 0.1) is 17.3 Å². The maximum Gasteiger partial charge on any atom is 0.314 e. The minimum Gasteiger partial charge on any atom is -0.397 e. The first-order chi connectivity index (χ1) is 9.88. The lowest BCUT2D eigenvalue weighted by atomic mass is 9.97. The number of likely N-dealkylation sites (tertiary alicyclic amines) is 1. The zero-order valence-electron chi connectivity index (χ0n) is 12.3. The van der Waals surface area contributed by atoms with Crippen LogP contribution in [0.25, 0.3) is 0 Å². The Kier molecular flexibility index (Phi) is 6.49. The number of primary amides is 1. The summed E-state index contributed by atoms with van der Waals surface area (Å²) in [6, 6.07) is 3.18. The van der Waals surface area contributed by atoms with Crippen molar-refractivity contribution in [3.63, 3.8) is 0 Å². The molecule has 5 N–H and O–H groups in total. The first-order valence-electron chi connectivity index (χ1n) is 6.79. The van der Waals surface area contributed by atoms with Gasteiger partial charge in [-0.1, -0.05) is 15.9 Å². The number of rotatable bonds is 2. The standard InChI is InChI=1S/C14H19BrN4O2.ClH/c1-8-5-10(15)6-11(12(8)16)18-13(20)9-3-2-4-19(7-9)14(17)21;/h5-6,9H,2-4,7,16H2,1H3,(H2,17,21)(H,18,20);1H. The third kappa shape index (κ3) is 4.27. The van der Waals surface area contributed by atoms with E-state index in [1.165, 1.54) is 4.90 Å². The molecule has 0 radical (unpaired) electrons. The number of piperidine rings is 1. The van der Waals surface area contributed by atoms with E-state index >= 15 is 0 Å². The fourth-order valence-electron chi connectivity index (χ4n) is 2.48. The number of nitrogen functional groups attached to an aromatic ring is 1. The molecule has 1 aliphatic heterocycles. The number of halogens is 2. The third-order valence-corrected chi connectivity index (χ3v) is 4.17. The number of nitrogens with one attached hydrogen (secondary N) is 1. The molecule has 2 rings (SSSR count). The van der Waals surface area contributed by atoms with Crippen LogP contribution in [0.2, 0.25) is 0 Å². The van der Waals surface area contributed by atoms with Crippen molar-refractivity contribution in [3.05, 3.63) is 22.2 Å². The van der Waals surface area contributed by atoms with Crippen LogP contribution in [-0.2, 0) is 4.79 Å². The van der Waals surface area contributed by atoms with Crippen LogP contribution in [0.1, 0.15) is 18.4 Å². The van der Waals surface area contributed by atoms with E-state index in [-0.39, 0.29) is 24.2 Å². The van der Waals surface area contributed by atoms with Crippen molar-refractivity contribution in [1.29, 1.82) is 0 Å². The summed E-state index contributed by atoms with van der Waals surface area (Å²) in [7, 11) is 0. The molecular formula is C14H20BrClN4O2. The molecule has 0 spiro atoms. The Labute approximate surface area is 144 Å². The number of carbonyl (C=O) groups is 2. The molecule has 1 atom stereocenters. The van der Waals surface area contributed by atoms with E-state index in [0.29, 0.717) is 24.5 Å². The molecule has 1 fully saturated rings. The van der Waals surface area contributed by atoms with Gasteiger partial charge in [0.15, 0.2) is 0 Å². The maximum absolute atomic E-state index is 12.3. The van der Waals surface area contributed by atoms with Gasteiger partial charge in [-0.05, 0) is 37.5 Å². The normalized spacial score (nSPS) is 17.5. The Bertz CT molecular complexity index is 582. The number of carbonyl (C=O) groups excluding carboxylic acids is 2. The van der Waals surface area contributed by atoms with Crippen LogP contribution >= 0.6 is 28.3 Å². The predicted octanol–water partition coefficient (Wildman–Crippen LogP) is 2.49. The number of urea groups is 1. The molecular weight excluding hydrogens is 372 g/mol. The molecule has 22 heavy (non-hydrogen) atoms. The zero-order valence-corrected chi connectivity index (χ0v) is 14.7. The van der Waals surface area contributed by atoms with E-state index in [1.807, 2.05) is 13.0 Å². The summed E-state index contributed by atoms with van der Waals surface area (Å²) in [6.45, 7) is 2.84. The Morgan fingerprint density at radius 1 is 1.41 bits per heavy atom. The fraction of sp³-hybridized carbons (Fsp3) is 0.429. The van der Waals surface area contributed by atoms with Crippen LogP contribution < -0.4 is 16.8 Å². The molecule has 0 aliphatic carbocycles. The smallest absolute Gasteiger partial charge is 0.314 e. The number of aryl methyl sites for hydroxylation is 1. The SMILES string of the molecule is Cc1cc(Br)cc(NC(=O)C2CCCN(C(N)=O)C2)c1N.Cl. The van der Waals surface area contributed by atoms with Crippen molar-refractivity contribution in [2.45, 2.75) is 19.8 Å². The van der Waals surface area contributed by atoms with Crippen molar-refractivity contribution >= 4 is 51.7 Å². The summed E-state index contributed by atoms with van der Waals surface area (Å²) in [5, 5.41) is 2.85. The van der Waals surface area contributed by atoms with Crippen LogP contribution in [0.5, 0.6) is 0 Å². The average Bonchev–Trinajstić information content (AvgIpc) is 2.44. The lowest BCUT2D eigenvalue weighted by Gasteiger charge is -2.30. The lowest BCUT2D eigenvalue weighted by Crippen LogP contribution is -2.46. The summed E-state index contributed by atoms with van der Waals surface area (Å²) in [4.78, 5) is 25.1. The summed E-state index contributed by atoms with van der Waals surface area (Å²) in [5.74, 6) is -0.393. The molecule has 8 heteroatoms. The molecule has 0 saturated carbocycles. The second kappa shape index (κ2) is 7.69. The first-order valence-corrected chi connectivity index (χ1v) is 7.58.